The number of thiazole rings is 1. The number of carbonyl (C=O) groups is 3. The molecule has 2 aromatic carbocycles. The van der Waals surface area contributed by atoms with E-state index in [-0.39, 0.29) is 17.4 Å². The van der Waals surface area contributed by atoms with Crippen LogP contribution in [0.4, 0.5) is 10.8 Å². The van der Waals surface area contributed by atoms with Crippen molar-refractivity contribution in [1.29, 1.82) is 0 Å². The zero-order valence-corrected chi connectivity index (χ0v) is 23.9. The first-order valence-electron chi connectivity index (χ1n) is 12.3. The maximum atomic E-state index is 13.2. The van der Waals surface area contributed by atoms with Gasteiger partial charge in [-0.25, -0.2) is 4.98 Å². The van der Waals surface area contributed by atoms with Crippen molar-refractivity contribution in [3.05, 3.63) is 119 Å². The minimum atomic E-state index is -0.483. The Kier molecular flexibility index (Phi) is 9.32. The van der Waals surface area contributed by atoms with Crippen molar-refractivity contribution < 1.29 is 14.4 Å². The summed E-state index contributed by atoms with van der Waals surface area (Å²) in [5.74, 6) is -0.827. The number of anilines is 2. The third-order valence-electron chi connectivity index (χ3n) is 5.53. The first-order valence-corrected chi connectivity index (χ1v) is 15.1. The maximum absolute atomic E-state index is 13.2. The SMILES string of the molecule is O=C(CSc1ccc(NC(=O)/C(=C/c2cccnc2)NC(=O)c2ccccc2)cc1)Nc1nc(-c2cccs2)cs1. The molecule has 0 atom stereocenters. The molecule has 204 valence electrons. The predicted octanol–water partition coefficient (Wildman–Crippen LogP) is 6.41. The van der Waals surface area contributed by atoms with Crippen LogP contribution < -0.4 is 16.0 Å². The number of hydrogen-bond acceptors (Lipinski definition) is 8. The Morgan fingerprint density at radius 3 is 2.44 bits per heavy atom. The van der Waals surface area contributed by atoms with Gasteiger partial charge in [-0.1, -0.05) is 30.3 Å². The highest BCUT2D eigenvalue weighted by atomic mass is 32.2. The van der Waals surface area contributed by atoms with E-state index in [1.165, 1.54) is 23.1 Å². The van der Waals surface area contributed by atoms with E-state index in [0.717, 1.165) is 15.5 Å². The lowest BCUT2D eigenvalue weighted by Gasteiger charge is -2.12. The van der Waals surface area contributed by atoms with Crippen LogP contribution in [0.5, 0.6) is 0 Å². The smallest absolute Gasteiger partial charge is 0.272 e. The molecule has 8 nitrogen and oxygen atoms in total. The molecule has 0 unspecified atom stereocenters. The minimum Gasteiger partial charge on any atom is -0.321 e. The summed E-state index contributed by atoms with van der Waals surface area (Å²) in [4.78, 5) is 48.8. The van der Waals surface area contributed by atoms with Crippen LogP contribution in [-0.4, -0.2) is 33.4 Å². The average molecular weight is 598 g/mol. The topological polar surface area (TPSA) is 113 Å². The van der Waals surface area contributed by atoms with Crippen molar-refractivity contribution >= 4 is 69.1 Å². The van der Waals surface area contributed by atoms with Crippen LogP contribution in [0.3, 0.4) is 0 Å². The maximum Gasteiger partial charge on any atom is 0.272 e. The number of benzene rings is 2. The lowest BCUT2D eigenvalue weighted by atomic mass is 10.2. The molecule has 3 N–H and O–H groups in total. The van der Waals surface area contributed by atoms with Gasteiger partial charge in [-0.15, -0.1) is 34.4 Å². The van der Waals surface area contributed by atoms with Gasteiger partial charge in [-0.05, 0) is 65.6 Å². The number of carbonyl (C=O) groups excluding carboxylic acids is 3. The summed E-state index contributed by atoms with van der Waals surface area (Å²) in [7, 11) is 0. The van der Waals surface area contributed by atoms with E-state index < -0.39 is 11.8 Å². The number of nitrogens with one attached hydrogen (secondary N) is 3. The van der Waals surface area contributed by atoms with Gasteiger partial charge >= 0.3 is 0 Å². The van der Waals surface area contributed by atoms with Gasteiger partial charge in [0.15, 0.2) is 5.13 Å². The number of nitrogens with zero attached hydrogens (tertiary/aromatic N) is 2. The molecule has 0 saturated heterocycles. The molecule has 0 aliphatic rings. The molecule has 3 aromatic heterocycles. The number of amides is 3. The van der Waals surface area contributed by atoms with Crippen LogP contribution >= 0.6 is 34.4 Å². The quantitative estimate of drug-likeness (QED) is 0.127. The molecule has 0 aliphatic carbocycles. The molecule has 3 heterocycles. The molecule has 0 bridgehead atoms. The monoisotopic (exact) mass is 597 g/mol. The molecule has 0 saturated carbocycles. The largest absolute Gasteiger partial charge is 0.321 e. The fraction of sp³-hybridized carbons (Fsp3) is 0.0333. The van der Waals surface area contributed by atoms with Crippen LogP contribution in [0.25, 0.3) is 16.6 Å². The highest BCUT2D eigenvalue weighted by Crippen LogP contribution is 2.28. The number of pyridine rings is 1. The van der Waals surface area contributed by atoms with Gasteiger partial charge < -0.3 is 16.0 Å². The van der Waals surface area contributed by atoms with Crippen LogP contribution in [0, 0.1) is 0 Å². The van der Waals surface area contributed by atoms with E-state index in [1.807, 2.05) is 41.1 Å². The van der Waals surface area contributed by atoms with Crippen molar-refractivity contribution in [2.45, 2.75) is 4.90 Å². The second kappa shape index (κ2) is 13.7. The van der Waals surface area contributed by atoms with Crippen LogP contribution in [0.1, 0.15) is 15.9 Å². The van der Waals surface area contributed by atoms with E-state index in [2.05, 4.69) is 25.9 Å². The molecule has 0 radical (unpaired) electrons. The number of thioether (sulfide) groups is 1. The molecular formula is C30H23N5O3S3. The zero-order valence-electron chi connectivity index (χ0n) is 21.4. The van der Waals surface area contributed by atoms with Crippen molar-refractivity contribution in [3.8, 4) is 10.6 Å². The van der Waals surface area contributed by atoms with Crippen molar-refractivity contribution in [2.24, 2.45) is 0 Å². The van der Waals surface area contributed by atoms with Gasteiger partial charge in [0.1, 0.15) is 5.70 Å². The number of rotatable bonds is 10. The molecule has 11 heteroatoms. The van der Waals surface area contributed by atoms with Gasteiger partial charge in [0.2, 0.25) is 5.91 Å². The fourth-order valence-electron chi connectivity index (χ4n) is 3.58. The van der Waals surface area contributed by atoms with Crippen molar-refractivity contribution in [2.75, 3.05) is 16.4 Å². The third-order valence-corrected chi connectivity index (χ3v) is 8.19. The summed E-state index contributed by atoms with van der Waals surface area (Å²) in [6.07, 6.45) is 4.79. The first kappa shape index (κ1) is 28.0. The minimum absolute atomic E-state index is 0.0754. The molecule has 0 aliphatic heterocycles. The second-order valence-corrected chi connectivity index (χ2v) is 11.3. The van der Waals surface area contributed by atoms with Gasteiger partial charge in [0, 0.05) is 33.9 Å². The molecule has 0 fully saturated rings. The van der Waals surface area contributed by atoms with E-state index >= 15 is 0 Å². The molecular weight excluding hydrogens is 575 g/mol. The van der Waals surface area contributed by atoms with Gasteiger partial charge in [0.25, 0.3) is 11.8 Å². The van der Waals surface area contributed by atoms with E-state index in [1.54, 1.807) is 78.3 Å². The Morgan fingerprint density at radius 2 is 1.71 bits per heavy atom. The Hall–Kier alpha value is -4.58. The fourth-order valence-corrected chi connectivity index (χ4v) is 5.76. The lowest BCUT2D eigenvalue weighted by molar-refractivity contribution is -0.114. The first-order chi connectivity index (χ1) is 20.0. The zero-order chi connectivity index (χ0) is 28.4. The average Bonchev–Trinajstić information content (AvgIpc) is 3.70. The summed E-state index contributed by atoms with van der Waals surface area (Å²) < 4.78 is 0. The summed E-state index contributed by atoms with van der Waals surface area (Å²) in [5, 5.41) is 12.8. The third kappa shape index (κ3) is 7.98. The van der Waals surface area contributed by atoms with Crippen molar-refractivity contribution in [1.82, 2.24) is 15.3 Å². The van der Waals surface area contributed by atoms with E-state index in [9.17, 15) is 14.4 Å². The standard InChI is InChI=1S/C30H23N5O3S3/c36-27(35-30-34-25(18-41-30)26-9-5-15-39-26)19-40-23-12-10-22(11-13-23)32-29(38)24(16-20-6-4-14-31-17-20)33-28(37)21-7-2-1-3-8-21/h1-18H,19H2,(H,32,38)(H,33,37)(H,34,35,36)/b24-16-. The van der Waals surface area contributed by atoms with Gasteiger partial charge in [-0.3, -0.25) is 19.4 Å². The van der Waals surface area contributed by atoms with Crippen LogP contribution in [0.15, 0.2) is 113 Å². The molecule has 41 heavy (non-hydrogen) atoms. The van der Waals surface area contributed by atoms with E-state index in [0.29, 0.717) is 21.9 Å². The Bertz CT molecular complexity index is 1650. The van der Waals surface area contributed by atoms with Crippen LogP contribution in [-0.2, 0) is 9.59 Å². The Morgan fingerprint density at radius 1 is 0.878 bits per heavy atom. The lowest BCUT2D eigenvalue weighted by Crippen LogP contribution is -2.30. The normalized spacial score (nSPS) is 11.1. The Balaban J connectivity index is 1.18. The molecule has 5 aromatic rings. The summed E-state index contributed by atoms with van der Waals surface area (Å²) in [6, 6.07) is 23.3. The van der Waals surface area contributed by atoms with Crippen molar-refractivity contribution in [3.63, 3.8) is 0 Å². The molecule has 3 amide bonds. The molecule has 0 spiro atoms. The number of hydrogen-bond donors (Lipinski definition) is 3. The predicted molar refractivity (Wildman–Crippen MR) is 166 cm³/mol. The summed E-state index contributed by atoms with van der Waals surface area (Å²) in [5.41, 5.74) is 2.56. The number of thiophene rings is 1. The summed E-state index contributed by atoms with van der Waals surface area (Å²) in [6.45, 7) is 0. The van der Waals surface area contributed by atoms with E-state index in [4.69, 9.17) is 0 Å². The highest BCUT2D eigenvalue weighted by Gasteiger charge is 2.15. The second-order valence-electron chi connectivity index (χ2n) is 8.50. The van der Waals surface area contributed by atoms with Gasteiger partial charge in [0.05, 0.1) is 16.3 Å². The summed E-state index contributed by atoms with van der Waals surface area (Å²) >= 11 is 4.36. The Labute approximate surface area is 248 Å². The van der Waals surface area contributed by atoms with Crippen LogP contribution in [0.2, 0.25) is 0 Å². The highest BCUT2D eigenvalue weighted by molar-refractivity contribution is 8.00. The molecule has 5 rings (SSSR count). The van der Waals surface area contributed by atoms with Gasteiger partial charge in [-0.2, -0.15) is 0 Å². The number of aromatic nitrogens is 2.